The number of alkyl halides is 2. The van der Waals surface area contributed by atoms with Crippen LogP contribution in [0.15, 0.2) is 30.3 Å². The van der Waals surface area contributed by atoms with Gasteiger partial charge in [-0.1, -0.05) is 36.8 Å². The topological polar surface area (TPSA) is 29.5 Å². The third-order valence-corrected chi connectivity index (χ3v) is 3.77. The zero-order valence-corrected chi connectivity index (χ0v) is 12.2. The summed E-state index contributed by atoms with van der Waals surface area (Å²) < 4.78 is 33.7. The van der Waals surface area contributed by atoms with Crippen molar-refractivity contribution in [3.63, 3.8) is 0 Å². The molecule has 116 valence electrons. The molecule has 0 spiro atoms. The number of piperidine rings is 1. The molecule has 1 heterocycles. The minimum Gasteiger partial charge on any atom is -0.465 e. The van der Waals surface area contributed by atoms with Gasteiger partial charge in [0.05, 0.1) is 13.2 Å². The molecule has 0 N–H and O–H groups in total. The highest BCUT2D eigenvalue weighted by Crippen LogP contribution is 2.31. The minimum absolute atomic E-state index is 0.0156. The Balaban J connectivity index is 2.09. The van der Waals surface area contributed by atoms with Crippen molar-refractivity contribution in [1.29, 1.82) is 0 Å². The molecule has 5 heteroatoms. The van der Waals surface area contributed by atoms with Crippen molar-refractivity contribution in [3.8, 4) is 0 Å². The van der Waals surface area contributed by atoms with Gasteiger partial charge in [0.15, 0.2) is 0 Å². The maximum absolute atomic E-state index is 14.4. The average Bonchev–Trinajstić information content (AvgIpc) is 2.48. The quantitative estimate of drug-likeness (QED) is 0.782. The van der Waals surface area contributed by atoms with E-state index in [2.05, 4.69) is 0 Å². The van der Waals surface area contributed by atoms with Crippen molar-refractivity contribution < 1.29 is 18.3 Å². The second-order valence-electron chi connectivity index (χ2n) is 5.30. The van der Waals surface area contributed by atoms with Gasteiger partial charge in [-0.2, -0.15) is 8.78 Å². The Bertz CT molecular complexity index is 465. The van der Waals surface area contributed by atoms with E-state index in [0.717, 1.165) is 12.8 Å². The van der Waals surface area contributed by atoms with E-state index in [1.165, 1.54) is 12.1 Å². The molecule has 1 unspecified atom stereocenters. The smallest absolute Gasteiger partial charge is 0.323 e. The predicted molar refractivity (Wildman–Crippen MR) is 76.2 cm³/mol. The molecule has 1 aliphatic rings. The summed E-state index contributed by atoms with van der Waals surface area (Å²) in [5.41, 5.74) is -0.0156. The molecule has 0 bridgehead atoms. The molecule has 0 amide bonds. The molecule has 21 heavy (non-hydrogen) atoms. The predicted octanol–water partition coefficient (Wildman–Crippen LogP) is 3.20. The summed E-state index contributed by atoms with van der Waals surface area (Å²) in [6.07, 6.45) is 2.29. The van der Waals surface area contributed by atoms with Crippen LogP contribution in [0.3, 0.4) is 0 Å². The fourth-order valence-corrected chi connectivity index (χ4v) is 2.71. The monoisotopic (exact) mass is 297 g/mol. The zero-order chi connectivity index (χ0) is 15.3. The highest BCUT2D eigenvalue weighted by Gasteiger charge is 2.39. The number of benzene rings is 1. The van der Waals surface area contributed by atoms with Crippen LogP contribution in [0.2, 0.25) is 0 Å². The molecule has 1 fully saturated rings. The second kappa shape index (κ2) is 6.98. The summed E-state index contributed by atoms with van der Waals surface area (Å²) in [5.74, 6) is -3.36. The Kier molecular flexibility index (Phi) is 5.28. The molecule has 0 aromatic heterocycles. The fourth-order valence-electron chi connectivity index (χ4n) is 2.71. The summed E-state index contributed by atoms with van der Waals surface area (Å²) in [6, 6.07) is 7.20. The lowest BCUT2D eigenvalue weighted by Gasteiger charge is -2.36. The van der Waals surface area contributed by atoms with E-state index in [0.29, 0.717) is 13.0 Å². The first-order chi connectivity index (χ1) is 10.0. The molecule has 2 rings (SSSR count). The number of ether oxygens (including phenoxy) is 1. The number of hydrogen-bond acceptors (Lipinski definition) is 3. The van der Waals surface area contributed by atoms with Crippen LogP contribution in [-0.4, -0.2) is 36.6 Å². The molecule has 0 radical (unpaired) electrons. The van der Waals surface area contributed by atoms with Gasteiger partial charge in [0.2, 0.25) is 0 Å². The number of likely N-dealkylation sites (tertiary alicyclic amines) is 1. The van der Waals surface area contributed by atoms with Crippen molar-refractivity contribution >= 4 is 5.97 Å². The van der Waals surface area contributed by atoms with E-state index in [1.807, 2.05) is 0 Å². The number of hydrogen-bond donors (Lipinski definition) is 0. The van der Waals surface area contributed by atoms with Gasteiger partial charge in [-0.3, -0.25) is 9.69 Å². The Morgan fingerprint density at radius 3 is 2.71 bits per heavy atom. The van der Waals surface area contributed by atoms with Gasteiger partial charge in [-0.25, -0.2) is 0 Å². The van der Waals surface area contributed by atoms with Crippen molar-refractivity contribution in [1.82, 2.24) is 4.90 Å². The number of rotatable bonds is 5. The number of halogens is 2. The molecule has 1 saturated heterocycles. The molecule has 0 aliphatic carbocycles. The van der Waals surface area contributed by atoms with E-state index >= 15 is 0 Å². The summed E-state index contributed by atoms with van der Waals surface area (Å²) in [6.45, 7) is 2.06. The van der Waals surface area contributed by atoms with Crippen LogP contribution in [0.5, 0.6) is 0 Å². The molecule has 1 atom stereocenters. The SMILES string of the molecule is CCOC(=O)C1CCCCN1CC(F)(F)c1ccccc1. The Labute approximate surface area is 123 Å². The molecular weight excluding hydrogens is 276 g/mol. The number of nitrogens with zero attached hydrogens (tertiary/aromatic N) is 1. The maximum atomic E-state index is 14.4. The summed E-state index contributed by atoms with van der Waals surface area (Å²) in [5, 5.41) is 0. The third kappa shape index (κ3) is 4.00. The summed E-state index contributed by atoms with van der Waals surface area (Å²) in [7, 11) is 0. The largest absolute Gasteiger partial charge is 0.465 e. The molecule has 1 aliphatic heterocycles. The third-order valence-electron chi connectivity index (χ3n) is 3.77. The standard InChI is InChI=1S/C16H21F2NO2/c1-2-21-15(20)14-10-6-7-11-19(14)12-16(17,18)13-8-4-3-5-9-13/h3-5,8-9,14H,2,6-7,10-12H2,1H3. The van der Waals surface area contributed by atoms with E-state index < -0.39 is 18.5 Å². The highest BCUT2D eigenvalue weighted by atomic mass is 19.3. The van der Waals surface area contributed by atoms with E-state index in [-0.39, 0.29) is 18.1 Å². The van der Waals surface area contributed by atoms with Crippen molar-refractivity contribution in [2.24, 2.45) is 0 Å². The first kappa shape index (κ1) is 15.9. The van der Waals surface area contributed by atoms with Gasteiger partial charge < -0.3 is 4.74 Å². The number of esters is 1. The number of carbonyl (C=O) groups is 1. The Hall–Kier alpha value is -1.49. The normalized spacial score (nSPS) is 20.2. The number of carbonyl (C=O) groups excluding carboxylic acids is 1. The first-order valence-electron chi connectivity index (χ1n) is 7.38. The Morgan fingerprint density at radius 2 is 2.05 bits per heavy atom. The minimum atomic E-state index is -2.97. The maximum Gasteiger partial charge on any atom is 0.323 e. The summed E-state index contributed by atoms with van der Waals surface area (Å²) >= 11 is 0. The van der Waals surface area contributed by atoms with Gasteiger partial charge in [0.25, 0.3) is 5.92 Å². The molecule has 1 aromatic carbocycles. The Morgan fingerprint density at radius 1 is 1.33 bits per heavy atom. The molecule has 0 saturated carbocycles. The van der Waals surface area contributed by atoms with E-state index in [4.69, 9.17) is 4.74 Å². The van der Waals surface area contributed by atoms with E-state index in [1.54, 1.807) is 30.0 Å². The fraction of sp³-hybridized carbons (Fsp3) is 0.562. The van der Waals surface area contributed by atoms with Gasteiger partial charge in [0, 0.05) is 5.56 Å². The lowest BCUT2D eigenvalue weighted by atomic mass is 10.00. The van der Waals surface area contributed by atoms with Gasteiger partial charge >= 0.3 is 5.97 Å². The first-order valence-corrected chi connectivity index (χ1v) is 7.38. The second-order valence-corrected chi connectivity index (χ2v) is 5.30. The van der Waals surface area contributed by atoms with Gasteiger partial charge in [-0.15, -0.1) is 0 Å². The molecule has 1 aromatic rings. The van der Waals surface area contributed by atoms with Crippen LogP contribution in [0.4, 0.5) is 8.78 Å². The molecular formula is C16H21F2NO2. The summed E-state index contributed by atoms with van der Waals surface area (Å²) in [4.78, 5) is 13.5. The average molecular weight is 297 g/mol. The van der Waals surface area contributed by atoms with Crippen LogP contribution in [0.1, 0.15) is 31.7 Å². The van der Waals surface area contributed by atoms with Crippen LogP contribution >= 0.6 is 0 Å². The van der Waals surface area contributed by atoms with Gasteiger partial charge in [0.1, 0.15) is 6.04 Å². The van der Waals surface area contributed by atoms with Gasteiger partial charge in [-0.05, 0) is 26.3 Å². The zero-order valence-electron chi connectivity index (χ0n) is 12.2. The van der Waals surface area contributed by atoms with Crippen LogP contribution in [0, 0.1) is 0 Å². The van der Waals surface area contributed by atoms with E-state index in [9.17, 15) is 13.6 Å². The van der Waals surface area contributed by atoms with Crippen molar-refractivity contribution in [2.75, 3.05) is 19.7 Å². The van der Waals surface area contributed by atoms with Crippen LogP contribution < -0.4 is 0 Å². The van der Waals surface area contributed by atoms with Crippen molar-refractivity contribution in [3.05, 3.63) is 35.9 Å². The lowest BCUT2D eigenvalue weighted by molar-refractivity contribution is -0.153. The lowest BCUT2D eigenvalue weighted by Crippen LogP contribution is -2.49. The van der Waals surface area contributed by atoms with Crippen molar-refractivity contribution in [2.45, 2.75) is 38.2 Å². The molecule has 3 nitrogen and oxygen atoms in total. The van der Waals surface area contributed by atoms with Crippen LogP contribution in [-0.2, 0) is 15.5 Å². The highest BCUT2D eigenvalue weighted by molar-refractivity contribution is 5.75. The van der Waals surface area contributed by atoms with Crippen LogP contribution in [0.25, 0.3) is 0 Å².